The Hall–Kier alpha value is -1.25. The van der Waals surface area contributed by atoms with Crippen LogP contribution in [0.5, 0.6) is 0 Å². The Morgan fingerprint density at radius 1 is 1.36 bits per heavy atom. The van der Waals surface area contributed by atoms with Gasteiger partial charge in [-0.3, -0.25) is 0 Å². The molecule has 0 aliphatic heterocycles. The summed E-state index contributed by atoms with van der Waals surface area (Å²) in [5.74, 6) is 0.627. The molecule has 0 saturated heterocycles. The first-order valence-electron chi connectivity index (χ1n) is 4.97. The number of hydrogen-bond acceptors (Lipinski definition) is 2. The highest BCUT2D eigenvalue weighted by molar-refractivity contribution is 6.55. The molecule has 72 valence electrons. The lowest BCUT2D eigenvalue weighted by Gasteiger charge is -2.00. The SMILES string of the molecule is COC(=O)c1ccc(BC2CC2)cc1. The highest BCUT2D eigenvalue weighted by atomic mass is 16.5. The van der Waals surface area contributed by atoms with Crippen LogP contribution in [0.3, 0.4) is 0 Å². The predicted molar refractivity (Wildman–Crippen MR) is 57.5 cm³/mol. The highest BCUT2D eigenvalue weighted by Gasteiger charge is 2.22. The molecule has 0 aromatic heterocycles. The van der Waals surface area contributed by atoms with Crippen molar-refractivity contribution in [3.8, 4) is 0 Å². The Kier molecular flexibility index (Phi) is 2.57. The predicted octanol–water partition coefficient (Wildman–Crippen LogP) is 1.12. The molecule has 0 atom stereocenters. The Labute approximate surface area is 84.5 Å². The third-order valence-corrected chi connectivity index (χ3v) is 2.60. The third-order valence-electron chi connectivity index (χ3n) is 2.60. The average Bonchev–Trinajstić information content (AvgIpc) is 3.02. The van der Waals surface area contributed by atoms with Gasteiger partial charge in [0, 0.05) is 0 Å². The van der Waals surface area contributed by atoms with Crippen LogP contribution in [0.25, 0.3) is 0 Å². The monoisotopic (exact) mass is 188 g/mol. The molecule has 2 nitrogen and oxygen atoms in total. The van der Waals surface area contributed by atoms with Crippen LogP contribution in [0.15, 0.2) is 24.3 Å². The summed E-state index contributed by atoms with van der Waals surface area (Å²) in [6.45, 7) is 0. The number of hydrogen-bond donors (Lipinski definition) is 0. The zero-order valence-electron chi connectivity index (χ0n) is 8.32. The zero-order chi connectivity index (χ0) is 9.97. The summed E-state index contributed by atoms with van der Waals surface area (Å²) in [6.07, 6.45) is 2.72. The number of esters is 1. The first kappa shape index (κ1) is 9.32. The maximum Gasteiger partial charge on any atom is 0.337 e. The molecule has 2 rings (SSSR count). The van der Waals surface area contributed by atoms with Crippen LogP contribution >= 0.6 is 0 Å². The fourth-order valence-electron chi connectivity index (χ4n) is 1.55. The minimum absolute atomic E-state index is 0.261. The molecular formula is C11H13BO2. The van der Waals surface area contributed by atoms with E-state index in [9.17, 15) is 4.79 Å². The van der Waals surface area contributed by atoms with Crippen molar-refractivity contribution in [1.29, 1.82) is 0 Å². The quantitative estimate of drug-likeness (QED) is 0.524. The summed E-state index contributed by atoms with van der Waals surface area (Å²) in [7, 11) is 2.56. The molecule has 1 aromatic rings. The van der Waals surface area contributed by atoms with Gasteiger partial charge in [0.15, 0.2) is 7.28 Å². The van der Waals surface area contributed by atoms with E-state index in [0.29, 0.717) is 5.56 Å². The molecule has 0 bridgehead atoms. The lowest BCUT2D eigenvalue weighted by molar-refractivity contribution is 0.0601. The molecule has 3 heteroatoms. The second-order valence-corrected chi connectivity index (χ2v) is 3.84. The van der Waals surface area contributed by atoms with E-state index >= 15 is 0 Å². The minimum Gasteiger partial charge on any atom is -0.465 e. The molecule has 0 N–H and O–H groups in total. The van der Waals surface area contributed by atoms with Crippen LogP contribution in [0.2, 0.25) is 5.82 Å². The van der Waals surface area contributed by atoms with Crippen molar-refractivity contribution < 1.29 is 9.53 Å². The average molecular weight is 188 g/mol. The first-order chi connectivity index (χ1) is 6.79. The number of rotatable bonds is 3. The summed E-state index contributed by atoms with van der Waals surface area (Å²) < 4.78 is 4.63. The van der Waals surface area contributed by atoms with Gasteiger partial charge in [0.1, 0.15) is 0 Å². The van der Waals surface area contributed by atoms with Gasteiger partial charge in [-0.15, -0.1) is 0 Å². The van der Waals surface area contributed by atoms with Crippen LogP contribution < -0.4 is 5.46 Å². The van der Waals surface area contributed by atoms with Gasteiger partial charge in [0.25, 0.3) is 0 Å². The van der Waals surface area contributed by atoms with E-state index in [-0.39, 0.29) is 5.97 Å². The van der Waals surface area contributed by atoms with Crippen LogP contribution in [0.4, 0.5) is 0 Å². The molecule has 1 aliphatic rings. The van der Waals surface area contributed by atoms with Crippen molar-refractivity contribution in [1.82, 2.24) is 0 Å². The van der Waals surface area contributed by atoms with E-state index in [2.05, 4.69) is 4.74 Å². The van der Waals surface area contributed by atoms with Crippen LogP contribution in [-0.2, 0) is 4.74 Å². The van der Waals surface area contributed by atoms with Crippen molar-refractivity contribution in [2.45, 2.75) is 18.7 Å². The van der Waals surface area contributed by atoms with Crippen LogP contribution in [-0.4, -0.2) is 20.4 Å². The minimum atomic E-state index is -0.261. The van der Waals surface area contributed by atoms with Gasteiger partial charge in [-0.05, 0) is 12.1 Å². The van der Waals surface area contributed by atoms with Gasteiger partial charge in [-0.1, -0.05) is 36.3 Å². The lowest BCUT2D eigenvalue weighted by Crippen LogP contribution is -2.14. The molecule has 0 unspecified atom stereocenters. The smallest absolute Gasteiger partial charge is 0.337 e. The number of carbonyl (C=O) groups is 1. The second-order valence-electron chi connectivity index (χ2n) is 3.84. The molecule has 1 fully saturated rings. The normalized spacial score (nSPS) is 14.9. The van der Waals surface area contributed by atoms with Gasteiger partial charge >= 0.3 is 5.97 Å². The second kappa shape index (κ2) is 3.87. The van der Waals surface area contributed by atoms with E-state index in [0.717, 1.165) is 13.1 Å². The topological polar surface area (TPSA) is 26.3 Å². The van der Waals surface area contributed by atoms with E-state index in [1.54, 1.807) is 0 Å². The van der Waals surface area contributed by atoms with Gasteiger partial charge in [0.05, 0.1) is 12.7 Å². The summed E-state index contributed by atoms with van der Waals surface area (Å²) in [4.78, 5) is 11.1. The van der Waals surface area contributed by atoms with Crippen molar-refractivity contribution >= 4 is 18.7 Å². The fraction of sp³-hybridized carbons (Fsp3) is 0.364. The standard InChI is InChI=1S/C11H13BO2/c1-14-11(13)8-2-4-9(5-3-8)12-10-6-7-10/h2-5,10,12H,6-7H2,1H3. The first-order valence-corrected chi connectivity index (χ1v) is 4.97. The summed E-state index contributed by atoms with van der Waals surface area (Å²) in [5, 5.41) is 0. The van der Waals surface area contributed by atoms with Gasteiger partial charge < -0.3 is 4.74 Å². The van der Waals surface area contributed by atoms with Crippen molar-refractivity contribution in [3.05, 3.63) is 29.8 Å². The van der Waals surface area contributed by atoms with Crippen molar-refractivity contribution in [2.75, 3.05) is 7.11 Å². The molecule has 1 aromatic carbocycles. The Morgan fingerprint density at radius 2 is 2.00 bits per heavy atom. The van der Waals surface area contributed by atoms with E-state index in [1.165, 1.54) is 25.4 Å². The van der Waals surface area contributed by atoms with Crippen molar-refractivity contribution in [2.24, 2.45) is 0 Å². The molecule has 0 spiro atoms. The Bertz CT molecular complexity index is 328. The Morgan fingerprint density at radius 3 is 2.50 bits per heavy atom. The summed E-state index contributed by atoms with van der Waals surface area (Å²) >= 11 is 0. The third kappa shape index (κ3) is 2.16. The fourth-order valence-corrected chi connectivity index (χ4v) is 1.55. The van der Waals surface area contributed by atoms with E-state index < -0.39 is 0 Å². The number of carbonyl (C=O) groups excluding carboxylic acids is 1. The van der Waals surface area contributed by atoms with Crippen molar-refractivity contribution in [3.63, 3.8) is 0 Å². The number of ether oxygens (including phenoxy) is 1. The molecule has 14 heavy (non-hydrogen) atoms. The highest BCUT2D eigenvalue weighted by Crippen LogP contribution is 2.34. The zero-order valence-corrected chi connectivity index (χ0v) is 8.32. The number of methoxy groups -OCH3 is 1. The maximum absolute atomic E-state index is 11.1. The molecular weight excluding hydrogens is 175 g/mol. The van der Waals surface area contributed by atoms with Crippen LogP contribution in [0, 0.1) is 0 Å². The maximum atomic E-state index is 11.1. The van der Waals surface area contributed by atoms with Gasteiger partial charge in [0.2, 0.25) is 0 Å². The lowest BCUT2D eigenvalue weighted by atomic mass is 9.65. The molecule has 0 amide bonds. The molecule has 0 heterocycles. The molecule has 0 radical (unpaired) electrons. The van der Waals surface area contributed by atoms with Gasteiger partial charge in [-0.25, -0.2) is 4.79 Å². The summed E-state index contributed by atoms with van der Waals surface area (Å²) in [5.41, 5.74) is 1.95. The van der Waals surface area contributed by atoms with Crippen LogP contribution in [0.1, 0.15) is 23.2 Å². The number of benzene rings is 1. The van der Waals surface area contributed by atoms with Gasteiger partial charge in [-0.2, -0.15) is 0 Å². The largest absolute Gasteiger partial charge is 0.465 e. The molecule has 1 aliphatic carbocycles. The summed E-state index contributed by atoms with van der Waals surface area (Å²) in [6, 6.07) is 7.71. The van der Waals surface area contributed by atoms with E-state index in [1.807, 2.05) is 24.3 Å². The van der Waals surface area contributed by atoms with E-state index in [4.69, 9.17) is 0 Å². The molecule has 1 saturated carbocycles. The Balaban J connectivity index is 2.04.